The molecule has 0 aromatic heterocycles. The first-order valence-corrected chi connectivity index (χ1v) is 6.76. The molecule has 1 saturated carbocycles. The number of ether oxygens (including phenoxy) is 2. The third-order valence-electron chi connectivity index (χ3n) is 3.83. The lowest BCUT2D eigenvalue weighted by Gasteiger charge is -2.41. The van der Waals surface area contributed by atoms with Crippen LogP contribution in [0.15, 0.2) is 18.2 Å². The van der Waals surface area contributed by atoms with Crippen LogP contribution < -0.4 is 14.8 Å². The lowest BCUT2D eigenvalue weighted by Crippen LogP contribution is -2.54. The summed E-state index contributed by atoms with van der Waals surface area (Å²) in [6, 6.07) is 5.06. The lowest BCUT2D eigenvalue weighted by atomic mass is 9.74. The minimum Gasteiger partial charge on any atom is -0.496 e. The van der Waals surface area contributed by atoms with Crippen molar-refractivity contribution in [2.75, 3.05) is 14.2 Å². The third kappa shape index (κ3) is 3.09. The summed E-state index contributed by atoms with van der Waals surface area (Å²) in [5.41, 5.74) is -0.367. The van der Waals surface area contributed by atoms with Crippen LogP contribution in [0.3, 0.4) is 0 Å². The highest BCUT2D eigenvalue weighted by Crippen LogP contribution is 2.36. The highest BCUT2D eigenvalue weighted by atomic mass is 16.5. The summed E-state index contributed by atoms with van der Waals surface area (Å²) in [4.78, 5) is 23.5. The van der Waals surface area contributed by atoms with Gasteiger partial charge < -0.3 is 19.9 Å². The number of carboxylic acid groups (broad SMARTS) is 1. The summed E-state index contributed by atoms with van der Waals surface area (Å²) < 4.78 is 10.4. The summed E-state index contributed by atoms with van der Waals surface area (Å²) in [5, 5.41) is 11.8. The van der Waals surface area contributed by atoms with E-state index in [1.165, 1.54) is 14.2 Å². The molecule has 0 heterocycles. The molecule has 6 heteroatoms. The lowest BCUT2D eigenvalue weighted by molar-refractivity contribution is -0.139. The normalized spacial score (nSPS) is 15.7. The Kier molecular flexibility index (Phi) is 4.35. The highest BCUT2D eigenvalue weighted by molar-refractivity contribution is 6.00. The van der Waals surface area contributed by atoms with Crippen molar-refractivity contribution in [1.29, 1.82) is 0 Å². The van der Waals surface area contributed by atoms with Gasteiger partial charge in [0.15, 0.2) is 0 Å². The van der Waals surface area contributed by atoms with Crippen LogP contribution in [0.1, 0.15) is 36.0 Å². The maximum atomic E-state index is 12.5. The van der Waals surface area contributed by atoms with Gasteiger partial charge in [-0.25, -0.2) is 0 Å². The van der Waals surface area contributed by atoms with Crippen LogP contribution in [0.25, 0.3) is 0 Å². The molecule has 0 bridgehead atoms. The van der Waals surface area contributed by atoms with Crippen molar-refractivity contribution >= 4 is 11.9 Å². The summed E-state index contributed by atoms with van der Waals surface area (Å²) in [6.45, 7) is 0. The van der Waals surface area contributed by atoms with Crippen LogP contribution >= 0.6 is 0 Å². The second-order valence-electron chi connectivity index (χ2n) is 5.20. The maximum absolute atomic E-state index is 12.5. The van der Waals surface area contributed by atoms with Crippen molar-refractivity contribution in [2.45, 2.75) is 31.2 Å². The van der Waals surface area contributed by atoms with Gasteiger partial charge in [0.05, 0.1) is 26.2 Å². The van der Waals surface area contributed by atoms with E-state index in [1.807, 2.05) is 0 Å². The van der Waals surface area contributed by atoms with Gasteiger partial charge in [0.2, 0.25) is 0 Å². The molecule has 6 nitrogen and oxygen atoms in total. The van der Waals surface area contributed by atoms with Gasteiger partial charge in [0.1, 0.15) is 17.1 Å². The van der Waals surface area contributed by atoms with Crippen molar-refractivity contribution in [1.82, 2.24) is 5.32 Å². The Balaban J connectivity index is 2.26. The van der Waals surface area contributed by atoms with Crippen LogP contribution in [-0.4, -0.2) is 36.7 Å². The smallest absolute Gasteiger partial charge is 0.305 e. The van der Waals surface area contributed by atoms with E-state index in [1.54, 1.807) is 18.2 Å². The van der Waals surface area contributed by atoms with Gasteiger partial charge in [-0.15, -0.1) is 0 Å². The number of carboxylic acids is 1. The van der Waals surface area contributed by atoms with Gasteiger partial charge >= 0.3 is 5.97 Å². The molecule has 114 valence electrons. The van der Waals surface area contributed by atoms with Gasteiger partial charge in [-0.3, -0.25) is 9.59 Å². The van der Waals surface area contributed by atoms with Crippen LogP contribution in [0.5, 0.6) is 11.5 Å². The van der Waals surface area contributed by atoms with Crippen molar-refractivity contribution < 1.29 is 24.2 Å². The Labute approximate surface area is 123 Å². The SMILES string of the molecule is COc1cccc(OC)c1C(=O)NC1(CC(=O)O)CCC1. The molecule has 0 aliphatic heterocycles. The molecule has 0 spiro atoms. The zero-order valence-electron chi connectivity index (χ0n) is 12.1. The standard InChI is InChI=1S/C15H19NO5/c1-20-10-5-3-6-11(21-2)13(10)14(19)16-15(7-4-8-15)9-12(17)18/h3,5-6H,4,7-9H2,1-2H3,(H,16,19)(H,17,18). The minimum atomic E-state index is -0.915. The van der Waals surface area contributed by atoms with Crippen LogP contribution in [0, 0.1) is 0 Å². The number of carbonyl (C=O) groups excluding carboxylic acids is 1. The summed E-state index contributed by atoms with van der Waals surface area (Å²) >= 11 is 0. The number of hydrogen-bond acceptors (Lipinski definition) is 4. The molecule has 1 amide bonds. The Morgan fingerprint density at radius 2 is 1.81 bits per heavy atom. The summed E-state index contributed by atoms with van der Waals surface area (Å²) in [5.74, 6) is -0.486. The monoisotopic (exact) mass is 293 g/mol. The molecule has 21 heavy (non-hydrogen) atoms. The van der Waals surface area contributed by atoms with Gasteiger partial charge in [-0.2, -0.15) is 0 Å². The van der Waals surface area contributed by atoms with Gasteiger partial charge in [0.25, 0.3) is 5.91 Å². The number of carbonyl (C=O) groups is 2. The van der Waals surface area contributed by atoms with E-state index in [-0.39, 0.29) is 12.3 Å². The predicted octanol–water partition coefficient (Wildman–Crippen LogP) is 1.83. The number of nitrogens with one attached hydrogen (secondary N) is 1. The molecule has 1 aromatic rings. The molecule has 0 radical (unpaired) electrons. The van der Waals surface area contributed by atoms with Gasteiger partial charge in [0, 0.05) is 0 Å². The third-order valence-corrected chi connectivity index (χ3v) is 3.83. The Morgan fingerprint density at radius 1 is 1.24 bits per heavy atom. The van der Waals surface area contributed by atoms with Crippen LogP contribution in [0.4, 0.5) is 0 Å². The van der Waals surface area contributed by atoms with Crippen molar-refractivity contribution in [3.63, 3.8) is 0 Å². The number of aliphatic carboxylic acids is 1. The first-order valence-electron chi connectivity index (χ1n) is 6.76. The molecule has 0 unspecified atom stereocenters. The van der Waals surface area contributed by atoms with Crippen molar-refractivity contribution in [2.24, 2.45) is 0 Å². The van der Waals surface area contributed by atoms with Crippen molar-refractivity contribution in [3.8, 4) is 11.5 Å². The van der Waals surface area contributed by atoms with E-state index < -0.39 is 11.5 Å². The number of hydrogen-bond donors (Lipinski definition) is 2. The van der Waals surface area contributed by atoms with Crippen LogP contribution in [0.2, 0.25) is 0 Å². The number of amides is 1. The molecule has 2 N–H and O–H groups in total. The van der Waals surface area contributed by atoms with Gasteiger partial charge in [-0.1, -0.05) is 6.07 Å². The van der Waals surface area contributed by atoms with E-state index in [0.29, 0.717) is 29.9 Å². The molecule has 1 fully saturated rings. The largest absolute Gasteiger partial charge is 0.496 e. The Hall–Kier alpha value is -2.24. The fourth-order valence-corrected chi connectivity index (χ4v) is 2.62. The molecule has 1 aliphatic rings. The van der Waals surface area contributed by atoms with E-state index in [0.717, 1.165) is 6.42 Å². The summed E-state index contributed by atoms with van der Waals surface area (Å²) in [6.07, 6.45) is 2.18. The summed E-state index contributed by atoms with van der Waals surface area (Å²) in [7, 11) is 2.95. The number of rotatable bonds is 6. The fourth-order valence-electron chi connectivity index (χ4n) is 2.62. The quantitative estimate of drug-likeness (QED) is 0.836. The highest BCUT2D eigenvalue weighted by Gasteiger charge is 2.41. The molecule has 2 rings (SSSR count). The zero-order valence-corrected chi connectivity index (χ0v) is 12.1. The predicted molar refractivity (Wildman–Crippen MR) is 75.8 cm³/mol. The molecular weight excluding hydrogens is 274 g/mol. The van der Waals surface area contributed by atoms with Crippen molar-refractivity contribution in [3.05, 3.63) is 23.8 Å². The Bertz CT molecular complexity index is 529. The van der Waals surface area contributed by atoms with Gasteiger partial charge in [-0.05, 0) is 31.4 Å². The van der Waals surface area contributed by atoms with E-state index in [9.17, 15) is 9.59 Å². The second-order valence-corrected chi connectivity index (χ2v) is 5.20. The zero-order chi connectivity index (χ0) is 15.5. The number of methoxy groups -OCH3 is 2. The second kappa shape index (κ2) is 6.03. The molecule has 0 atom stereocenters. The topological polar surface area (TPSA) is 84.9 Å². The minimum absolute atomic E-state index is 0.0732. The van der Waals surface area contributed by atoms with Crippen LogP contribution in [-0.2, 0) is 4.79 Å². The average Bonchev–Trinajstić information content (AvgIpc) is 2.43. The maximum Gasteiger partial charge on any atom is 0.305 e. The molecule has 1 aromatic carbocycles. The first kappa shape index (κ1) is 15.2. The molecule has 0 saturated heterocycles. The van der Waals surface area contributed by atoms with E-state index in [2.05, 4.69) is 5.32 Å². The first-order chi connectivity index (χ1) is 10.0. The fraction of sp³-hybridized carbons (Fsp3) is 0.467. The van der Waals surface area contributed by atoms with E-state index >= 15 is 0 Å². The number of benzene rings is 1. The van der Waals surface area contributed by atoms with E-state index in [4.69, 9.17) is 14.6 Å². The molecule has 1 aliphatic carbocycles. The molecular formula is C15H19NO5. The Morgan fingerprint density at radius 3 is 2.19 bits per heavy atom. The average molecular weight is 293 g/mol.